The molecule has 0 bridgehead atoms. The van der Waals surface area contributed by atoms with Crippen molar-refractivity contribution in [2.24, 2.45) is 0 Å². The van der Waals surface area contributed by atoms with Crippen LogP contribution < -0.4 is 0 Å². The number of halogens is 1. The van der Waals surface area contributed by atoms with Crippen molar-refractivity contribution in [2.75, 3.05) is 39.3 Å². The van der Waals surface area contributed by atoms with Gasteiger partial charge in [0.15, 0.2) is 0 Å². The maximum atomic E-state index is 12.3. The van der Waals surface area contributed by atoms with Crippen LogP contribution in [-0.4, -0.2) is 65.3 Å². The van der Waals surface area contributed by atoms with Crippen LogP contribution in [0.15, 0.2) is 18.2 Å². The molecule has 0 unspecified atom stereocenters. The van der Waals surface area contributed by atoms with Gasteiger partial charge in [-0.05, 0) is 18.2 Å². The van der Waals surface area contributed by atoms with Gasteiger partial charge in [0, 0.05) is 37.7 Å². The number of aliphatic hydroxyl groups excluding tert-OH is 1. The Morgan fingerprint density at radius 3 is 2.58 bits per heavy atom. The van der Waals surface area contributed by atoms with E-state index in [1.807, 2.05) is 0 Å². The molecule has 2 rings (SSSR count). The van der Waals surface area contributed by atoms with Crippen LogP contribution in [0.4, 0.5) is 0 Å². The van der Waals surface area contributed by atoms with Crippen LogP contribution in [0.25, 0.3) is 0 Å². The van der Waals surface area contributed by atoms with E-state index < -0.39 is 0 Å². The third kappa shape index (κ3) is 3.37. The van der Waals surface area contributed by atoms with E-state index in [2.05, 4.69) is 4.90 Å². The standard InChI is InChI=1S/C13H17ClN2O3/c14-10-1-2-12(18)11(9-10)13(19)16-5-3-15(4-6-16)7-8-17/h1-2,9,17-18H,3-8H2. The van der Waals surface area contributed by atoms with Crippen molar-refractivity contribution in [1.82, 2.24) is 9.80 Å². The van der Waals surface area contributed by atoms with Crippen LogP contribution in [0.2, 0.25) is 5.02 Å². The molecular weight excluding hydrogens is 268 g/mol. The Bertz CT molecular complexity index is 459. The minimum Gasteiger partial charge on any atom is -0.507 e. The van der Waals surface area contributed by atoms with Gasteiger partial charge in [-0.1, -0.05) is 11.6 Å². The average Bonchev–Trinajstić information content (AvgIpc) is 2.42. The molecule has 19 heavy (non-hydrogen) atoms. The summed E-state index contributed by atoms with van der Waals surface area (Å²) >= 11 is 5.85. The van der Waals surface area contributed by atoms with Crippen molar-refractivity contribution in [3.05, 3.63) is 28.8 Å². The van der Waals surface area contributed by atoms with Gasteiger partial charge in [-0.2, -0.15) is 0 Å². The number of phenolic OH excluding ortho intramolecular Hbond substituents is 1. The predicted octanol–water partition coefficient (Wildman–Crippen LogP) is 0.796. The van der Waals surface area contributed by atoms with Crippen molar-refractivity contribution in [1.29, 1.82) is 0 Å². The van der Waals surface area contributed by atoms with Gasteiger partial charge in [-0.15, -0.1) is 0 Å². The minimum absolute atomic E-state index is 0.0489. The fourth-order valence-electron chi connectivity index (χ4n) is 2.17. The molecule has 104 valence electrons. The fourth-order valence-corrected chi connectivity index (χ4v) is 2.34. The number of phenols is 1. The summed E-state index contributed by atoms with van der Waals surface area (Å²) in [5.41, 5.74) is 0.239. The Balaban J connectivity index is 2.03. The zero-order valence-corrected chi connectivity index (χ0v) is 11.3. The molecule has 1 amide bonds. The first kappa shape index (κ1) is 14.1. The molecule has 0 aromatic heterocycles. The van der Waals surface area contributed by atoms with Crippen molar-refractivity contribution in [3.8, 4) is 5.75 Å². The number of aliphatic hydroxyl groups is 1. The van der Waals surface area contributed by atoms with E-state index in [9.17, 15) is 9.90 Å². The number of hydrogen-bond donors (Lipinski definition) is 2. The molecule has 1 aromatic rings. The minimum atomic E-state index is -0.205. The van der Waals surface area contributed by atoms with Crippen molar-refractivity contribution in [3.63, 3.8) is 0 Å². The van der Waals surface area contributed by atoms with Crippen LogP contribution in [0, 0.1) is 0 Å². The maximum Gasteiger partial charge on any atom is 0.257 e. The highest BCUT2D eigenvalue weighted by Crippen LogP contribution is 2.23. The molecule has 0 aliphatic carbocycles. The third-order valence-electron chi connectivity index (χ3n) is 3.26. The quantitative estimate of drug-likeness (QED) is 0.862. The zero-order valence-electron chi connectivity index (χ0n) is 10.5. The molecule has 1 saturated heterocycles. The molecule has 0 saturated carbocycles. The molecule has 1 heterocycles. The summed E-state index contributed by atoms with van der Waals surface area (Å²) in [6, 6.07) is 4.46. The summed E-state index contributed by atoms with van der Waals surface area (Å²) in [5.74, 6) is -0.254. The summed E-state index contributed by atoms with van der Waals surface area (Å²) in [6.45, 7) is 3.39. The smallest absolute Gasteiger partial charge is 0.257 e. The lowest BCUT2D eigenvalue weighted by atomic mass is 10.1. The first-order valence-electron chi connectivity index (χ1n) is 6.23. The number of aromatic hydroxyl groups is 1. The number of carbonyl (C=O) groups is 1. The molecule has 0 radical (unpaired) electrons. The molecule has 1 fully saturated rings. The maximum absolute atomic E-state index is 12.3. The van der Waals surface area contributed by atoms with E-state index >= 15 is 0 Å². The SMILES string of the molecule is O=C(c1cc(Cl)ccc1O)N1CCN(CCO)CC1. The number of amides is 1. The van der Waals surface area contributed by atoms with E-state index in [1.165, 1.54) is 12.1 Å². The Labute approximate surface area is 117 Å². The Morgan fingerprint density at radius 2 is 1.95 bits per heavy atom. The predicted molar refractivity (Wildman–Crippen MR) is 72.5 cm³/mol. The van der Waals surface area contributed by atoms with Crippen LogP contribution in [0.1, 0.15) is 10.4 Å². The fraction of sp³-hybridized carbons (Fsp3) is 0.462. The lowest BCUT2D eigenvalue weighted by molar-refractivity contribution is 0.0612. The first-order valence-corrected chi connectivity index (χ1v) is 6.60. The molecule has 1 aromatic carbocycles. The van der Waals surface area contributed by atoms with Gasteiger partial charge in [-0.3, -0.25) is 9.69 Å². The number of nitrogens with zero attached hydrogens (tertiary/aromatic N) is 2. The Kier molecular flexibility index (Phi) is 4.63. The number of piperazine rings is 1. The number of β-amino-alcohol motifs (C(OH)–C–C–N with tert-alkyl or cyclic N) is 1. The summed E-state index contributed by atoms with van der Waals surface area (Å²) in [6.07, 6.45) is 0. The van der Waals surface area contributed by atoms with Gasteiger partial charge in [-0.25, -0.2) is 0 Å². The molecule has 5 nitrogen and oxygen atoms in total. The average molecular weight is 285 g/mol. The lowest BCUT2D eigenvalue weighted by Gasteiger charge is -2.34. The molecule has 6 heteroatoms. The van der Waals surface area contributed by atoms with Gasteiger partial charge in [0.1, 0.15) is 5.75 Å². The van der Waals surface area contributed by atoms with E-state index in [0.29, 0.717) is 24.7 Å². The van der Waals surface area contributed by atoms with Crippen molar-refractivity contribution in [2.45, 2.75) is 0 Å². The lowest BCUT2D eigenvalue weighted by Crippen LogP contribution is -2.49. The van der Waals surface area contributed by atoms with E-state index in [-0.39, 0.29) is 23.8 Å². The zero-order chi connectivity index (χ0) is 13.8. The highest BCUT2D eigenvalue weighted by atomic mass is 35.5. The van der Waals surface area contributed by atoms with Crippen LogP contribution in [0.5, 0.6) is 5.75 Å². The molecule has 0 spiro atoms. The number of rotatable bonds is 3. The summed E-state index contributed by atoms with van der Waals surface area (Å²) in [7, 11) is 0. The molecular formula is C13H17ClN2O3. The first-order chi connectivity index (χ1) is 9.11. The van der Waals surface area contributed by atoms with Gasteiger partial charge in [0.05, 0.1) is 12.2 Å². The van der Waals surface area contributed by atoms with Gasteiger partial charge in [0.25, 0.3) is 5.91 Å². The van der Waals surface area contributed by atoms with Crippen LogP contribution in [0.3, 0.4) is 0 Å². The molecule has 2 N–H and O–H groups in total. The number of hydrogen-bond acceptors (Lipinski definition) is 4. The van der Waals surface area contributed by atoms with Crippen molar-refractivity contribution < 1.29 is 15.0 Å². The monoisotopic (exact) mass is 284 g/mol. The van der Waals surface area contributed by atoms with Crippen LogP contribution in [-0.2, 0) is 0 Å². The summed E-state index contributed by atoms with van der Waals surface area (Å²) < 4.78 is 0. The summed E-state index contributed by atoms with van der Waals surface area (Å²) in [5, 5.41) is 19.0. The highest BCUT2D eigenvalue weighted by Gasteiger charge is 2.23. The largest absolute Gasteiger partial charge is 0.507 e. The summed E-state index contributed by atoms with van der Waals surface area (Å²) in [4.78, 5) is 16.1. The van der Waals surface area contributed by atoms with E-state index in [1.54, 1.807) is 11.0 Å². The molecule has 1 aliphatic rings. The Hall–Kier alpha value is -1.30. The second-order valence-corrected chi connectivity index (χ2v) is 4.96. The van der Waals surface area contributed by atoms with Crippen molar-refractivity contribution >= 4 is 17.5 Å². The Morgan fingerprint density at radius 1 is 1.26 bits per heavy atom. The van der Waals surface area contributed by atoms with Gasteiger partial charge in [0.2, 0.25) is 0 Å². The normalized spacial score (nSPS) is 16.6. The molecule has 0 atom stereocenters. The third-order valence-corrected chi connectivity index (χ3v) is 3.50. The highest BCUT2D eigenvalue weighted by molar-refractivity contribution is 6.31. The number of benzene rings is 1. The van der Waals surface area contributed by atoms with Gasteiger partial charge < -0.3 is 15.1 Å². The number of carbonyl (C=O) groups excluding carboxylic acids is 1. The second kappa shape index (κ2) is 6.23. The van der Waals surface area contributed by atoms with Gasteiger partial charge >= 0.3 is 0 Å². The van der Waals surface area contributed by atoms with E-state index in [0.717, 1.165) is 13.1 Å². The second-order valence-electron chi connectivity index (χ2n) is 4.52. The molecule has 1 aliphatic heterocycles. The topological polar surface area (TPSA) is 64.0 Å². The van der Waals surface area contributed by atoms with E-state index in [4.69, 9.17) is 16.7 Å². The van der Waals surface area contributed by atoms with Crippen LogP contribution >= 0.6 is 11.6 Å².